The molecule has 2 heterocycles. The van der Waals surface area contributed by atoms with E-state index in [1.807, 2.05) is 12.1 Å². The van der Waals surface area contributed by atoms with Crippen LogP contribution in [0, 0.1) is 17.8 Å². The number of methoxy groups -OCH3 is 1. The van der Waals surface area contributed by atoms with Crippen molar-refractivity contribution in [2.75, 3.05) is 25.1 Å². The molecule has 1 atom stereocenters. The van der Waals surface area contributed by atoms with Crippen LogP contribution in [-0.2, 0) is 16.0 Å². The SMILES string of the molecule is COC1(C)CCN(c2ncc(C#Cc3ccc(CC(C)CC(C)=O)cc3)cn2)CC1. The number of hydrogen-bond acceptors (Lipinski definition) is 5. The van der Waals surface area contributed by atoms with Crippen LogP contribution < -0.4 is 4.90 Å². The van der Waals surface area contributed by atoms with E-state index in [1.54, 1.807) is 26.4 Å². The van der Waals surface area contributed by atoms with Gasteiger partial charge in [-0.25, -0.2) is 9.97 Å². The van der Waals surface area contributed by atoms with Crippen molar-refractivity contribution in [3.63, 3.8) is 0 Å². The smallest absolute Gasteiger partial charge is 0.225 e. The Morgan fingerprint density at radius 1 is 1.13 bits per heavy atom. The van der Waals surface area contributed by atoms with E-state index in [0.29, 0.717) is 12.3 Å². The van der Waals surface area contributed by atoms with Gasteiger partial charge in [-0.1, -0.05) is 30.9 Å². The lowest BCUT2D eigenvalue weighted by molar-refractivity contribution is -0.117. The molecule has 0 aliphatic carbocycles. The largest absolute Gasteiger partial charge is 0.378 e. The molecule has 3 rings (SSSR count). The van der Waals surface area contributed by atoms with Gasteiger partial charge >= 0.3 is 0 Å². The number of ketones is 1. The molecular weight excluding hydrogens is 374 g/mol. The van der Waals surface area contributed by atoms with Crippen LogP contribution in [0.1, 0.15) is 56.7 Å². The Kier molecular flexibility index (Phi) is 7.23. The van der Waals surface area contributed by atoms with Gasteiger partial charge < -0.3 is 14.4 Å². The fourth-order valence-electron chi connectivity index (χ4n) is 3.77. The minimum absolute atomic E-state index is 0.0388. The van der Waals surface area contributed by atoms with Gasteiger partial charge in [0.25, 0.3) is 0 Å². The van der Waals surface area contributed by atoms with E-state index in [9.17, 15) is 4.79 Å². The first-order chi connectivity index (χ1) is 14.4. The zero-order valence-electron chi connectivity index (χ0n) is 18.4. The van der Waals surface area contributed by atoms with Gasteiger partial charge in [0.05, 0.1) is 11.2 Å². The predicted molar refractivity (Wildman–Crippen MR) is 119 cm³/mol. The third-order valence-corrected chi connectivity index (χ3v) is 5.76. The lowest BCUT2D eigenvalue weighted by atomic mass is 9.94. The normalized spacial score (nSPS) is 16.5. The van der Waals surface area contributed by atoms with Crippen LogP contribution in [0.3, 0.4) is 0 Å². The van der Waals surface area contributed by atoms with Crippen molar-refractivity contribution in [3.05, 3.63) is 53.3 Å². The summed E-state index contributed by atoms with van der Waals surface area (Å²) in [5.74, 6) is 7.67. The molecule has 0 radical (unpaired) electrons. The highest BCUT2D eigenvalue weighted by Gasteiger charge is 2.30. The van der Waals surface area contributed by atoms with Gasteiger partial charge in [-0.05, 0) is 56.7 Å². The quantitative estimate of drug-likeness (QED) is 0.679. The maximum absolute atomic E-state index is 11.2. The summed E-state index contributed by atoms with van der Waals surface area (Å²) in [5.41, 5.74) is 2.95. The summed E-state index contributed by atoms with van der Waals surface area (Å²) >= 11 is 0. The van der Waals surface area contributed by atoms with Crippen molar-refractivity contribution in [3.8, 4) is 11.8 Å². The lowest BCUT2D eigenvalue weighted by Gasteiger charge is -2.38. The molecule has 1 unspecified atom stereocenters. The van der Waals surface area contributed by atoms with Crippen LogP contribution >= 0.6 is 0 Å². The second kappa shape index (κ2) is 9.86. The third-order valence-electron chi connectivity index (χ3n) is 5.76. The number of carbonyl (C=O) groups excluding carboxylic acids is 1. The monoisotopic (exact) mass is 405 g/mol. The molecule has 1 aliphatic rings. The van der Waals surface area contributed by atoms with Gasteiger partial charge in [0.1, 0.15) is 5.78 Å². The topological polar surface area (TPSA) is 55.3 Å². The number of nitrogens with zero attached hydrogens (tertiary/aromatic N) is 3. The molecule has 0 spiro atoms. The van der Waals surface area contributed by atoms with E-state index < -0.39 is 0 Å². The molecule has 2 aromatic rings. The Morgan fingerprint density at radius 2 is 1.73 bits per heavy atom. The summed E-state index contributed by atoms with van der Waals surface area (Å²) < 4.78 is 5.60. The van der Waals surface area contributed by atoms with Crippen LogP contribution in [0.4, 0.5) is 5.95 Å². The molecule has 1 fully saturated rings. The Balaban J connectivity index is 1.57. The highest BCUT2D eigenvalue weighted by Crippen LogP contribution is 2.26. The Bertz CT molecular complexity index is 902. The Labute approximate surface area is 179 Å². The summed E-state index contributed by atoms with van der Waals surface area (Å²) in [5, 5.41) is 0. The van der Waals surface area contributed by atoms with Crippen molar-refractivity contribution in [1.82, 2.24) is 9.97 Å². The average molecular weight is 406 g/mol. The molecule has 1 aromatic carbocycles. The van der Waals surface area contributed by atoms with E-state index in [1.165, 1.54) is 5.56 Å². The summed E-state index contributed by atoms with van der Waals surface area (Å²) in [6.45, 7) is 7.70. The minimum atomic E-state index is -0.0388. The number of anilines is 1. The molecule has 158 valence electrons. The van der Waals surface area contributed by atoms with E-state index in [4.69, 9.17) is 4.74 Å². The van der Waals surface area contributed by atoms with Gasteiger partial charge in [0.2, 0.25) is 5.95 Å². The van der Waals surface area contributed by atoms with Gasteiger partial charge in [-0.3, -0.25) is 0 Å². The second-order valence-electron chi connectivity index (χ2n) is 8.58. The maximum Gasteiger partial charge on any atom is 0.225 e. The van der Waals surface area contributed by atoms with Gasteiger partial charge in [-0.2, -0.15) is 0 Å². The number of Topliss-reactive ketones (excluding diaryl/α,β-unsaturated/α-hetero) is 1. The second-order valence-corrected chi connectivity index (χ2v) is 8.58. The summed E-state index contributed by atoms with van der Waals surface area (Å²) in [6, 6.07) is 8.23. The van der Waals surface area contributed by atoms with Gasteiger partial charge in [-0.15, -0.1) is 0 Å². The summed E-state index contributed by atoms with van der Waals surface area (Å²) in [7, 11) is 1.78. The first-order valence-electron chi connectivity index (χ1n) is 10.6. The molecule has 30 heavy (non-hydrogen) atoms. The van der Waals surface area contributed by atoms with E-state index in [-0.39, 0.29) is 11.4 Å². The predicted octanol–water partition coefficient (Wildman–Crippen LogP) is 4.04. The summed E-state index contributed by atoms with van der Waals surface area (Å²) in [4.78, 5) is 22.4. The summed E-state index contributed by atoms with van der Waals surface area (Å²) in [6.07, 6.45) is 7.05. The van der Waals surface area contributed by atoms with Crippen molar-refractivity contribution in [2.45, 2.75) is 52.1 Å². The first kappa shape index (κ1) is 22.0. The molecule has 0 N–H and O–H groups in total. The Hall–Kier alpha value is -2.71. The molecule has 1 aromatic heterocycles. The fraction of sp³-hybridized carbons (Fsp3) is 0.480. The van der Waals surface area contributed by atoms with E-state index in [2.05, 4.69) is 52.7 Å². The van der Waals surface area contributed by atoms with Crippen LogP contribution in [-0.4, -0.2) is 41.6 Å². The number of benzene rings is 1. The van der Waals surface area contributed by atoms with Crippen LogP contribution in [0.15, 0.2) is 36.7 Å². The number of carbonyl (C=O) groups is 1. The lowest BCUT2D eigenvalue weighted by Crippen LogP contribution is -2.44. The first-order valence-corrected chi connectivity index (χ1v) is 10.6. The zero-order valence-corrected chi connectivity index (χ0v) is 18.4. The minimum Gasteiger partial charge on any atom is -0.378 e. The zero-order chi connectivity index (χ0) is 21.6. The standard InChI is InChI=1S/C25H31N3O2/c1-19(15-20(2)29)16-22-8-5-21(6-9-22)7-10-23-17-26-24(27-18-23)28-13-11-25(3,30-4)12-14-28/h5-6,8-9,17-19H,11-16H2,1-4H3. The van der Waals surface area contributed by atoms with Crippen molar-refractivity contribution in [1.29, 1.82) is 0 Å². The van der Waals surface area contributed by atoms with Crippen molar-refractivity contribution < 1.29 is 9.53 Å². The van der Waals surface area contributed by atoms with E-state index >= 15 is 0 Å². The molecule has 0 bridgehead atoms. The third kappa shape index (κ3) is 6.14. The molecule has 0 amide bonds. The highest BCUT2D eigenvalue weighted by molar-refractivity contribution is 5.75. The molecule has 1 saturated heterocycles. The van der Waals surface area contributed by atoms with Crippen molar-refractivity contribution >= 4 is 11.7 Å². The van der Waals surface area contributed by atoms with Crippen LogP contribution in [0.5, 0.6) is 0 Å². The van der Waals surface area contributed by atoms with Crippen molar-refractivity contribution in [2.24, 2.45) is 5.92 Å². The molecular formula is C25H31N3O2. The highest BCUT2D eigenvalue weighted by atomic mass is 16.5. The number of rotatable bonds is 6. The van der Waals surface area contributed by atoms with Gasteiger partial charge in [0, 0.05) is 44.6 Å². The van der Waals surface area contributed by atoms with Gasteiger partial charge in [0.15, 0.2) is 0 Å². The molecule has 5 heteroatoms. The fourth-order valence-corrected chi connectivity index (χ4v) is 3.77. The molecule has 1 aliphatic heterocycles. The van der Waals surface area contributed by atoms with Crippen LogP contribution in [0.25, 0.3) is 0 Å². The Morgan fingerprint density at radius 3 is 2.30 bits per heavy atom. The molecule has 0 saturated carbocycles. The number of piperidine rings is 1. The van der Waals surface area contributed by atoms with E-state index in [0.717, 1.165) is 49.4 Å². The average Bonchev–Trinajstić information content (AvgIpc) is 2.74. The van der Waals surface area contributed by atoms with Crippen LogP contribution in [0.2, 0.25) is 0 Å². The number of aromatic nitrogens is 2. The maximum atomic E-state index is 11.2. The molecule has 5 nitrogen and oxygen atoms in total. The number of hydrogen-bond donors (Lipinski definition) is 0. The number of ether oxygens (including phenoxy) is 1.